The smallest absolute Gasteiger partial charge is 0.227 e. The number of amides is 1. The monoisotopic (exact) mass is 234 g/mol. The first-order valence-electron chi connectivity index (χ1n) is 5.27. The number of rotatable bonds is 3. The van der Waals surface area contributed by atoms with Crippen LogP contribution in [0.4, 0.5) is 5.69 Å². The van der Waals surface area contributed by atoms with E-state index in [1.807, 2.05) is 0 Å². The first-order chi connectivity index (χ1) is 8.11. The Morgan fingerprint density at radius 1 is 1.53 bits per heavy atom. The number of anilines is 1. The summed E-state index contributed by atoms with van der Waals surface area (Å²) in [6.07, 6.45) is -0.000453. The van der Waals surface area contributed by atoms with Crippen LogP contribution in [0.3, 0.4) is 0 Å². The lowest BCUT2D eigenvalue weighted by Crippen LogP contribution is -2.33. The minimum atomic E-state index is -1.18. The Morgan fingerprint density at radius 2 is 2.29 bits per heavy atom. The summed E-state index contributed by atoms with van der Waals surface area (Å²) in [5, 5.41) is 10.7. The van der Waals surface area contributed by atoms with Crippen LogP contribution < -0.4 is 14.7 Å². The Bertz CT molecular complexity index is 458. The van der Waals surface area contributed by atoms with Crippen molar-refractivity contribution in [2.45, 2.75) is 6.42 Å². The van der Waals surface area contributed by atoms with Crippen LogP contribution in [-0.4, -0.2) is 25.5 Å². The maximum Gasteiger partial charge on any atom is 0.227 e. The molecule has 0 bridgehead atoms. The molecule has 0 aromatic heterocycles. The van der Waals surface area contributed by atoms with Crippen LogP contribution in [0.25, 0.3) is 0 Å². The summed E-state index contributed by atoms with van der Waals surface area (Å²) in [5.41, 5.74) is 0.651. The molecule has 1 saturated heterocycles. The summed E-state index contributed by atoms with van der Waals surface area (Å²) < 4.78 is 5.06. The Morgan fingerprint density at radius 3 is 2.88 bits per heavy atom. The molecule has 17 heavy (non-hydrogen) atoms. The van der Waals surface area contributed by atoms with E-state index in [2.05, 4.69) is 0 Å². The molecular weight excluding hydrogens is 222 g/mol. The largest absolute Gasteiger partial charge is 0.550 e. The number of nitrogens with zero attached hydrogens (tertiary/aromatic N) is 1. The van der Waals surface area contributed by atoms with Crippen molar-refractivity contribution in [1.82, 2.24) is 0 Å². The molecular formula is C12H12NO4-. The van der Waals surface area contributed by atoms with E-state index in [0.717, 1.165) is 0 Å². The Labute approximate surface area is 98.6 Å². The number of carbonyl (C=O) groups is 2. The van der Waals surface area contributed by atoms with E-state index in [9.17, 15) is 14.7 Å². The highest BCUT2D eigenvalue weighted by atomic mass is 16.5. The van der Waals surface area contributed by atoms with Crippen molar-refractivity contribution in [3.05, 3.63) is 24.3 Å². The zero-order chi connectivity index (χ0) is 12.4. The molecule has 5 nitrogen and oxygen atoms in total. The van der Waals surface area contributed by atoms with Crippen LogP contribution in [0.1, 0.15) is 6.42 Å². The molecule has 1 aliphatic rings. The van der Waals surface area contributed by atoms with Crippen LogP contribution >= 0.6 is 0 Å². The van der Waals surface area contributed by atoms with E-state index in [1.54, 1.807) is 24.3 Å². The fourth-order valence-electron chi connectivity index (χ4n) is 1.89. The van der Waals surface area contributed by atoms with Crippen LogP contribution in [0.15, 0.2) is 24.3 Å². The highest BCUT2D eigenvalue weighted by Gasteiger charge is 2.31. The van der Waals surface area contributed by atoms with E-state index >= 15 is 0 Å². The summed E-state index contributed by atoms with van der Waals surface area (Å²) in [6.45, 7) is 0.161. The standard InChI is InChI=1S/C12H13NO4/c1-17-10-4-2-3-9(6-10)13-7-8(12(15)16)5-11(13)14/h2-4,6,8H,5,7H2,1H3,(H,15,16)/p-1/t8-/m1/s1. The van der Waals surface area contributed by atoms with Gasteiger partial charge in [-0.25, -0.2) is 0 Å². The molecule has 1 aliphatic heterocycles. The predicted octanol–water partition coefficient (Wildman–Crippen LogP) is -0.202. The molecule has 0 spiro atoms. The van der Waals surface area contributed by atoms with E-state index in [1.165, 1.54) is 12.0 Å². The third kappa shape index (κ3) is 2.22. The summed E-state index contributed by atoms with van der Waals surface area (Å²) in [6, 6.07) is 6.97. The molecule has 1 atom stereocenters. The molecule has 0 N–H and O–H groups in total. The van der Waals surface area contributed by atoms with Crippen LogP contribution in [0, 0.1) is 5.92 Å². The van der Waals surface area contributed by atoms with Gasteiger partial charge in [-0.05, 0) is 12.1 Å². The number of hydrogen-bond acceptors (Lipinski definition) is 4. The van der Waals surface area contributed by atoms with Crippen molar-refractivity contribution >= 4 is 17.6 Å². The molecule has 0 saturated carbocycles. The van der Waals surface area contributed by atoms with Crippen LogP contribution in [0.5, 0.6) is 5.75 Å². The van der Waals surface area contributed by atoms with Crippen LogP contribution in [0.2, 0.25) is 0 Å². The van der Waals surface area contributed by atoms with Crippen molar-refractivity contribution in [2.24, 2.45) is 5.92 Å². The van der Waals surface area contributed by atoms with Gasteiger partial charge in [0.1, 0.15) is 5.75 Å². The zero-order valence-corrected chi connectivity index (χ0v) is 9.38. The molecule has 5 heteroatoms. The normalized spacial score (nSPS) is 19.5. The third-order valence-electron chi connectivity index (χ3n) is 2.82. The number of aliphatic carboxylic acids is 1. The second-order valence-corrected chi connectivity index (χ2v) is 3.93. The molecule has 0 radical (unpaired) electrons. The first-order valence-corrected chi connectivity index (χ1v) is 5.27. The number of hydrogen-bond donors (Lipinski definition) is 0. The number of ether oxygens (including phenoxy) is 1. The fraction of sp³-hybridized carbons (Fsp3) is 0.333. The second kappa shape index (κ2) is 4.45. The van der Waals surface area contributed by atoms with Gasteiger partial charge >= 0.3 is 0 Å². The number of methoxy groups -OCH3 is 1. The van der Waals surface area contributed by atoms with Gasteiger partial charge in [0.25, 0.3) is 0 Å². The lowest BCUT2D eigenvalue weighted by Gasteiger charge is -2.17. The molecule has 2 rings (SSSR count). The molecule has 0 unspecified atom stereocenters. The minimum Gasteiger partial charge on any atom is -0.550 e. The van der Waals surface area contributed by atoms with E-state index in [0.29, 0.717) is 11.4 Å². The van der Waals surface area contributed by atoms with Crippen molar-refractivity contribution in [3.63, 3.8) is 0 Å². The lowest BCUT2D eigenvalue weighted by molar-refractivity contribution is -0.310. The van der Waals surface area contributed by atoms with Gasteiger partial charge in [-0.2, -0.15) is 0 Å². The average molecular weight is 234 g/mol. The number of benzene rings is 1. The highest BCUT2D eigenvalue weighted by molar-refractivity contribution is 5.99. The quantitative estimate of drug-likeness (QED) is 0.726. The Hall–Kier alpha value is -2.04. The minimum absolute atomic E-state index is 0.000453. The average Bonchev–Trinajstić information content (AvgIpc) is 2.72. The number of carboxylic acids is 1. The zero-order valence-electron chi connectivity index (χ0n) is 9.38. The SMILES string of the molecule is COc1cccc(N2C[C@H](C(=O)[O-])CC2=O)c1. The van der Waals surface area contributed by atoms with Gasteiger partial charge < -0.3 is 19.5 Å². The summed E-state index contributed by atoms with van der Waals surface area (Å²) in [4.78, 5) is 23.9. The first kappa shape index (κ1) is 11.4. The van der Waals surface area contributed by atoms with E-state index in [-0.39, 0.29) is 18.9 Å². The van der Waals surface area contributed by atoms with Gasteiger partial charge in [0.2, 0.25) is 5.91 Å². The topological polar surface area (TPSA) is 69.7 Å². The maximum absolute atomic E-state index is 11.7. The van der Waals surface area contributed by atoms with E-state index in [4.69, 9.17) is 4.74 Å². The Balaban J connectivity index is 2.22. The molecule has 1 aromatic carbocycles. The van der Waals surface area contributed by atoms with Gasteiger partial charge in [-0.3, -0.25) is 4.79 Å². The van der Waals surface area contributed by atoms with Crippen molar-refractivity contribution in [3.8, 4) is 5.75 Å². The predicted molar refractivity (Wildman–Crippen MR) is 58.5 cm³/mol. The summed E-state index contributed by atoms with van der Waals surface area (Å²) >= 11 is 0. The highest BCUT2D eigenvalue weighted by Crippen LogP contribution is 2.27. The molecule has 1 aromatic rings. The molecule has 0 aliphatic carbocycles. The number of carboxylic acid groups (broad SMARTS) is 1. The van der Waals surface area contributed by atoms with Gasteiger partial charge in [-0.15, -0.1) is 0 Å². The molecule has 1 heterocycles. The number of carbonyl (C=O) groups excluding carboxylic acids is 2. The van der Waals surface area contributed by atoms with Gasteiger partial charge in [0, 0.05) is 36.6 Å². The molecule has 1 fully saturated rings. The van der Waals surface area contributed by atoms with Crippen molar-refractivity contribution in [2.75, 3.05) is 18.6 Å². The second-order valence-electron chi connectivity index (χ2n) is 3.93. The van der Waals surface area contributed by atoms with Gasteiger partial charge in [-0.1, -0.05) is 6.07 Å². The van der Waals surface area contributed by atoms with Crippen molar-refractivity contribution in [1.29, 1.82) is 0 Å². The summed E-state index contributed by atoms with van der Waals surface area (Å²) in [7, 11) is 1.54. The van der Waals surface area contributed by atoms with Gasteiger partial charge in [0.15, 0.2) is 0 Å². The molecule has 1 amide bonds. The summed E-state index contributed by atoms with van der Waals surface area (Å²) in [5.74, 6) is -1.47. The van der Waals surface area contributed by atoms with Gasteiger partial charge in [0.05, 0.1) is 7.11 Å². The van der Waals surface area contributed by atoms with Crippen LogP contribution in [-0.2, 0) is 9.59 Å². The Kier molecular flexibility index (Phi) is 2.99. The fourth-order valence-corrected chi connectivity index (χ4v) is 1.89. The van der Waals surface area contributed by atoms with E-state index < -0.39 is 11.9 Å². The lowest BCUT2D eigenvalue weighted by atomic mass is 10.1. The molecule has 90 valence electrons. The van der Waals surface area contributed by atoms with Crippen molar-refractivity contribution < 1.29 is 19.4 Å². The third-order valence-corrected chi connectivity index (χ3v) is 2.82. The maximum atomic E-state index is 11.7.